The molecule has 1 saturated heterocycles. The van der Waals surface area contributed by atoms with Gasteiger partial charge in [-0.05, 0) is 62.3 Å². The SMILES string of the molecule is COc1cc(-n2cnc(C(=O)NCCN3CCCCC3)c2C(N)=O)ccc1NC(=O)c1ccc(F)cc1. The molecule has 4 N–H and O–H groups in total. The summed E-state index contributed by atoms with van der Waals surface area (Å²) < 4.78 is 20.0. The minimum absolute atomic E-state index is 0.0689. The number of likely N-dealkylation sites (tertiary alicyclic amines) is 1. The Morgan fingerprint density at radius 1 is 1.05 bits per heavy atom. The molecule has 1 fully saturated rings. The number of hydrogen-bond donors (Lipinski definition) is 3. The van der Waals surface area contributed by atoms with Crippen molar-refractivity contribution in [2.24, 2.45) is 5.73 Å². The summed E-state index contributed by atoms with van der Waals surface area (Å²) in [5.41, 5.74) is 6.56. The van der Waals surface area contributed by atoms with Crippen molar-refractivity contribution in [3.63, 3.8) is 0 Å². The van der Waals surface area contributed by atoms with E-state index in [1.165, 1.54) is 48.7 Å². The molecule has 1 aromatic heterocycles. The van der Waals surface area contributed by atoms with Crippen LogP contribution in [0.3, 0.4) is 0 Å². The first-order chi connectivity index (χ1) is 17.9. The van der Waals surface area contributed by atoms with E-state index in [2.05, 4.69) is 20.5 Å². The van der Waals surface area contributed by atoms with Gasteiger partial charge in [-0.15, -0.1) is 0 Å². The first-order valence-electron chi connectivity index (χ1n) is 12.0. The smallest absolute Gasteiger partial charge is 0.272 e. The van der Waals surface area contributed by atoms with Crippen molar-refractivity contribution in [1.82, 2.24) is 19.8 Å². The molecule has 1 aliphatic heterocycles. The first kappa shape index (κ1) is 25.8. The van der Waals surface area contributed by atoms with E-state index in [9.17, 15) is 18.8 Å². The molecule has 2 heterocycles. The summed E-state index contributed by atoms with van der Waals surface area (Å²) in [6.07, 6.45) is 4.88. The number of primary amides is 1. The fraction of sp³-hybridized carbons (Fsp3) is 0.308. The highest BCUT2D eigenvalue weighted by molar-refractivity contribution is 6.06. The monoisotopic (exact) mass is 508 g/mol. The largest absolute Gasteiger partial charge is 0.494 e. The molecule has 0 aliphatic carbocycles. The summed E-state index contributed by atoms with van der Waals surface area (Å²) >= 11 is 0. The maximum absolute atomic E-state index is 13.2. The van der Waals surface area contributed by atoms with Crippen molar-refractivity contribution in [2.45, 2.75) is 19.3 Å². The molecule has 0 spiro atoms. The summed E-state index contributed by atoms with van der Waals surface area (Å²) in [7, 11) is 1.43. The predicted octanol–water partition coefficient (Wildman–Crippen LogP) is 2.59. The highest BCUT2D eigenvalue weighted by Crippen LogP contribution is 2.29. The zero-order valence-electron chi connectivity index (χ0n) is 20.5. The number of nitrogens with one attached hydrogen (secondary N) is 2. The highest BCUT2D eigenvalue weighted by atomic mass is 19.1. The molecule has 3 aromatic rings. The molecule has 3 amide bonds. The molecule has 1 aliphatic rings. The molecule has 2 aromatic carbocycles. The first-order valence-corrected chi connectivity index (χ1v) is 12.0. The van der Waals surface area contributed by atoms with E-state index in [0.717, 1.165) is 32.5 Å². The minimum Gasteiger partial charge on any atom is -0.494 e. The lowest BCUT2D eigenvalue weighted by Gasteiger charge is -2.26. The minimum atomic E-state index is -0.814. The predicted molar refractivity (Wildman–Crippen MR) is 136 cm³/mol. The Morgan fingerprint density at radius 3 is 2.46 bits per heavy atom. The average Bonchev–Trinajstić information content (AvgIpc) is 3.36. The number of methoxy groups -OCH3 is 1. The molecule has 10 nitrogen and oxygen atoms in total. The van der Waals surface area contributed by atoms with Crippen molar-refractivity contribution in [1.29, 1.82) is 0 Å². The molecule has 37 heavy (non-hydrogen) atoms. The van der Waals surface area contributed by atoms with Crippen LogP contribution in [0.4, 0.5) is 10.1 Å². The molecule has 0 atom stereocenters. The quantitative estimate of drug-likeness (QED) is 0.407. The molecule has 11 heteroatoms. The topological polar surface area (TPSA) is 132 Å². The summed E-state index contributed by atoms with van der Waals surface area (Å²) in [5, 5.41) is 5.53. The third-order valence-electron chi connectivity index (χ3n) is 6.20. The molecule has 0 unspecified atom stereocenters. The number of hydrogen-bond acceptors (Lipinski definition) is 6. The third-order valence-corrected chi connectivity index (χ3v) is 6.20. The van der Waals surface area contributed by atoms with E-state index in [0.29, 0.717) is 23.7 Å². The summed E-state index contributed by atoms with van der Waals surface area (Å²) in [5.74, 6) is -1.90. The number of ether oxygens (including phenoxy) is 1. The number of halogens is 1. The number of anilines is 1. The third kappa shape index (κ3) is 6.12. The van der Waals surface area contributed by atoms with Crippen LogP contribution in [-0.2, 0) is 0 Å². The van der Waals surface area contributed by atoms with Crippen molar-refractivity contribution >= 4 is 23.4 Å². The van der Waals surface area contributed by atoms with Crippen LogP contribution in [0.5, 0.6) is 5.75 Å². The summed E-state index contributed by atoms with van der Waals surface area (Å²) in [6.45, 7) is 3.18. The lowest BCUT2D eigenvalue weighted by atomic mass is 10.1. The van der Waals surface area contributed by atoms with Crippen LogP contribution >= 0.6 is 0 Å². The Balaban J connectivity index is 1.51. The van der Waals surface area contributed by atoms with Crippen LogP contribution in [0.25, 0.3) is 5.69 Å². The molecular formula is C26H29FN6O4. The van der Waals surface area contributed by atoms with Gasteiger partial charge in [0.05, 0.1) is 18.5 Å². The van der Waals surface area contributed by atoms with Gasteiger partial charge < -0.3 is 26.0 Å². The van der Waals surface area contributed by atoms with Gasteiger partial charge in [0.25, 0.3) is 17.7 Å². The van der Waals surface area contributed by atoms with Gasteiger partial charge in [-0.3, -0.25) is 19.0 Å². The second-order valence-electron chi connectivity index (χ2n) is 8.68. The Kier molecular flexibility index (Phi) is 8.14. The number of nitrogens with two attached hydrogens (primary N) is 1. The van der Waals surface area contributed by atoms with E-state index in [-0.39, 0.29) is 17.0 Å². The van der Waals surface area contributed by atoms with Gasteiger partial charge in [-0.2, -0.15) is 0 Å². The number of aromatic nitrogens is 2. The van der Waals surface area contributed by atoms with Crippen molar-refractivity contribution in [3.8, 4) is 11.4 Å². The van der Waals surface area contributed by atoms with Crippen molar-refractivity contribution in [2.75, 3.05) is 38.6 Å². The van der Waals surface area contributed by atoms with Gasteiger partial charge in [0.1, 0.15) is 23.6 Å². The number of rotatable bonds is 9. The van der Waals surface area contributed by atoms with E-state index in [1.54, 1.807) is 18.2 Å². The van der Waals surface area contributed by atoms with Crippen LogP contribution in [0.15, 0.2) is 48.8 Å². The summed E-state index contributed by atoms with van der Waals surface area (Å²) in [4.78, 5) is 44.1. The maximum Gasteiger partial charge on any atom is 0.272 e. The van der Waals surface area contributed by atoms with Crippen LogP contribution in [0, 0.1) is 5.82 Å². The average molecular weight is 509 g/mol. The Hall–Kier alpha value is -4.25. The van der Waals surface area contributed by atoms with E-state index in [4.69, 9.17) is 10.5 Å². The van der Waals surface area contributed by atoms with Gasteiger partial charge >= 0.3 is 0 Å². The Bertz CT molecular complexity index is 1280. The summed E-state index contributed by atoms with van der Waals surface area (Å²) in [6, 6.07) is 9.91. The normalized spacial score (nSPS) is 13.7. The van der Waals surface area contributed by atoms with Crippen LogP contribution in [0.1, 0.15) is 50.6 Å². The second-order valence-corrected chi connectivity index (χ2v) is 8.68. The van der Waals surface area contributed by atoms with Crippen molar-refractivity contribution < 1.29 is 23.5 Å². The van der Waals surface area contributed by atoms with Gasteiger partial charge in [-0.1, -0.05) is 6.42 Å². The van der Waals surface area contributed by atoms with Gasteiger partial charge in [0.2, 0.25) is 0 Å². The number of piperidine rings is 1. The highest BCUT2D eigenvalue weighted by Gasteiger charge is 2.24. The molecule has 0 saturated carbocycles. The Labute approximate surface area is 213 Å². The van der Waals surface area contributed by atoms with E-state index < -0.39 is 23.5 Å². The lowest BCUT2D eigenvalue weighted by molar-refractivity contribution is 0.0924. The fourth-order valence-corrected chi connectivity index (χ4v) is 4.27. The zero-order valence-corrected chi connectivity index (χ0v) is 20.5. The van der Waals surface area contributed by atoms with Crippen LogP contribution in [-0.4, -0.2) is 65.5 Å². The van der Waals surface area contributed by atoms with Gasteiger partial charge in [0.15, 0.2) is 5.69 Å². The molecule has 194 valence electrons. The number of carbonyl (C=O) groups excluding carboxylic acids is 3. The van der Waals surface area contributed by atoms with Crippen LogP contribution in [0.2, 0.25) is 0 Å². The van der Waals surface area contributed by atoms with Gasteiger partial charge in [0, 0.05) is 24.7 Å². The number of nitrogens with zero attached hydrogens (tertiary/aromatic N) is 3. The number of benzene rings is 2. The second kappa shape index (κ2) is 11.7. The maximum atomic E-state index is 13.2. The van der Waals surface area contributed by atoms with Gasteiger partial charge in [-0.25, -0.2) is 9.37 Å². The number of carbonyl (C=O) groups is 3. The Morgan fingerprint density at radius 2 is 1.78 bits per heavy atom. The molecular weight excluding hydrogens is 479 g/mol. The standard InChI is InChI=1S/C26H29FN6O4/c1-37-21-15-19(9-10-20(21)31-25(35)17-5-7-18(27)8-6-17)33-16-30-22(23(33)24(28)34)26(36)29-11-14-32-12-3-2-4-13-32/h5-10,15-16H,2-4,11-14H2,1H3,(H2,28,34)(H,29,36)(H,31,35). The van der Waals surface area contributed by atoms with Crippen molar-refractivity contribution in [3.05, 3.63) is 71.6 Å². The number of imidazole rings is 1. The zero-order chi connectivity index (χ0) is 26.4. The van der Waals surface area contributed by atoms with E-state index >= 15 is 0 Å². The number of amides is 3. The fourth-order valence-electron chi connectivity index (χ4n) is 4.27. The van der Waals surface area contributed by atoms with Crippen LogP contribution < -0.4 is 21.1 Å². The lowest BCUT2D eigenvalue weighted by Crippen LogP contribution is -2.38. The van der Waals surface area contributed by atoms with E-state index in [1.807, 2.05) is 0 Å². The molecule has 0 radical (unpaired) electrons. The molecule has 0 bridgehead atoms. The molecule has 4 rings (SSSR count).